The molecule has 1 fully saturated rings. The van der Waals surface area contributed by atoms with E-state index in [0.29, 0.717) is 18.0 Å². The minimum absolute atomic E-state index is 0.104. The Kier molecular flexibility index (Phi) is 3.93. The number of fused-ring (bicyclic) bond motifs is 1. The van der Waals surface area contributed by atoms with Gasteiger partial charge < -0.3 is 19.7 Å². The predicted octanol–water partition coefficient (Wildman–Crippen LogP) is 3.83. The second-order valence-corrected chi connectivity index (χ2v) is 6.66. The zero-order chi connectivity index (χ0) is 16.5. The molecule has 0 bridgehead atoms. The lowest BCUT2D eigenvalue weighted by molar-refractivity contribution is 0.174. The molecule has 0 aromatic heterocycles. The molecule has 0 spiro atoms. The molecule has 0 aliphatic carbocycles. The van der Waals surface area contributed by atoms with Crippen LogP contribution in [0.2, 0.25) is 0 Å². The Morgan fingerprint density at radius 1 is 1.21 bits per heavy atom. The number of thioether (sulfide) groups is 1. The van der Waals surface area contributed by atoms with Gasteiger partial charge in [0.05, 0.1) is 0 Å². The van der Waals surface area contributed by atoms with Crippen LogP contribution < -0.4 is 14.8 Å². The van der Waals surface area contributed by atoms with Crippen LogP contribution >= 0.6 is 11.8 Å². The summed E-state index contributed by atoms with van der Waals surface area (Å²) in [4.78, 5) is 14.3. The maximum atomic E-state index is 13.3. The van der Waals surface area contributed by atoms with E-state index in [-0.39, 0.29) is 24.0 Å². The third-order valence-corrected chi connectivity index (χ3v) is 5.17. The van der Waals surface area contributed by atoms with Gasteiger partial charge in [0.25, 0.3) is 0 Å². The number of urea groups is 1. The van der Waals surface area contributed by atoms with Crippen molar-refractivity contribution >= 4 is 23.5 Å². The van der Waals surface area contributed by atoms with E-state index < -0.39 is 0 Å². The van der Waals surface area contributed by atoms with E-state index >= 15 is 0 Å². The second kappa shape index (κ2) is 6.24. The molecule has 7 heteroatoms. The van der Waals surface area contributed by atoms with Gasteiger partial charge in [-0.1, -0.05) is 12.1 Å². The lowest BCUT2D eigenvalue weighted by Gasteiger charge is -2.24. The van der Waals surface area contributed by atoms with Crippen molar-refractivity contribution in [1.29, 1.82) is 0 Å². The molecule has 5 nitrogen and oxygen atoms in total. The molecule has 2 aromatic carbocycles. The maximum absolute atomic E-state index is 13.3. The third-order valence-electron chi connectivity index (χ3n) is 3.91. The van der Waals surface area contributed by atoms with Crippen molar-refractivity contribution in [3.63, 3.8) is 0 Å². The number of carbonyl (C=O) groups excluding carboxylic acids is 1. The van der Waals surface area contributed by atoms with Crippen LogP contribution in [0.4, 0.5) is 14.9 Å². The number of hydrogen-bond acceptors (Lipinski definition) is 4. The van der Waals surface area contributed by atoms with Crippen LogP contribution in [0, 0.1) is 5.82 Å². The van der Waals surface area contributed by atoms with Gasteiger partial charge >= 0.3 is 6.03 Å². The molecule has 2 aromatic rings. The summed E-state index contributed by atoms with van der Waals surface area (Å²) in [6.07, 6.45) is 0. The summed E-state index contributed by atoms with van der Waals surface area (Å²) in [6, 6.07) is 11.4. The standard InChI is InChI=1S/C17H15FN2O3S/c18-12-2-1-3-13(9-12)19-17(21)20-6-7-24-16(20)11-4-5-14-15(8-11)23-10-22-14/h1-5,8-9,16H,6-7,10H2,(H,19,21)/t16-/m0/s1. The van der Waals surface area contributed by atoms with Crippen molar-refractivity contribution < 1.29 is 18.7 Å². The van der Waals surface area contributed by atoms with Crippen LogP contribution in [0.5, 0.6) is 11.5 Å². The van der Waals surface area contributed by atoms with Crippen molar-refractivity contribution in [2.45, 2.75) is 5.37 Å². The Labute approximate surface area is 142 Å². The predicted molar refractivity (Wildman–Crippen MR) is 89.9 cm³/mol. The van der Waals surface area contributed by atoms with Gasteiger partial charge in [-0.15, -0.1) is 11.8 Å². The SMILES string of the molecule is O=C(Nc1cccc(F)c1)N1CCS[C@H]1c1ccc2c(c1)OCO2. The Balaban J connectivity index is 1.53. The Morgan fingerprint density at radius 2 is 2.08 bits per heavy atom. The van der Waals surface area contributed by atoms with Crippen molar-refractivity contribution in [1.82, 2.24) is 4.90 Å². The minimum Gasteiger partial charge on any atom is -0.454 e. The third kappa shape index (κ3) is 2.87. The molecule has 2 aliphatic heterocycles. The number of nitrogens with zero attached hydrogens (tertiary/aromatic N) is 1. The van der Waals surface area contributed by atoms with Gasteiger partial charge in [-0.2, -0.15) is 0 Å². The number of amides is 2. The van der Waals surface area contributed by atoms with Gasteiger partial charge in [-0.3, -0.25) is 0 Å². The second-order valence-electron chi connectivity index (χ2n) is 5.47. The number of benzene rings is 2. The highest BCUT2D eigenvalue weighted by Crippen LogP contribution is 2.42. The number of halogens is 1. The molecule has 0 unspecified atom stereocenters. The highest BCUT2D eigenvalue weighted by molar-refractivity contribution is 7.99. The van der Waals surface area contributed by atoms with Crippen LogP contribution in [0.15, 0.2) is 42.5 Å². The fraction of sp³-hybridized carbons (Fsp3) is 0.235. The largest absolute Gasteiger partial charge is 0.454 e. The van der Waals surface area contributed by atoms with Crippen LogP contribution in [0.25, 0.3) is 0 Å². The van der Waals surface area contributed by atoms with Gasteiger partial charge in [-0.05, 0) is 35.9 Å². The van der Waals surface area contributed by atoms with Crippen molar-refractivity contribution in [3.05, 3.63) is 53.8 Å². The molecule has 0 saturated carbocycles. The number of anilines is 1. The van der Waals surface area contributed by atoms with Gasteiger partial charge in [0.1, 0.15) is 11.2 Å². The normalized spacial score (nSPS) is 18.7. The van der Waals surface area contributed by atoms with E-state index in [4.69, 9.17) is 9.47 Å². The average Bonchev–Trinajstić information content (AvgIpc) is 3.23. The summed E-state index contributed by atoms with van der Waals surface area (Å²) in [6.45, 7) is 0.852. The Bertz CT molecular complexity index is 786. The maximum Gasteiger partial charge on any atom is 0.323 e. The summed E-state index contributed by atoms with van der Waals surface area (Å²) in [5, 5.41) is 2.65. The molecule has 2 heterocycles. The Morgan fingerprint density at radius 3 is 2.96 bits per heavy atom. The molecule has 1 atom stereocenters. The summed E-state index contributed by atoms with van der Waals surface area (Å²) >= 11 is 1.69. The zero-order valence-corrected chi connectivity index (χ0v) is 13.5. The molecule has 1 N–H and O–H groups in total. The van der Waals surface area contributed by atoms with Crippen molar-refractivity contribution in [2.75, 3.05) is 24.4 Å². The molecule has 2 aliphatic rings. The number of hydrogen-bond donors (Lipinski definition) is 1. The first-order valence-electron chi connectivity index (χ1n) is 7.55. The van der Waals surface area contributed by atoms with E-state index in [1.807, 2.05) is 18.2 Å². The quantitative estimate of drug-likeness (QED) is 0.898. The summed E-state index contributed by atoms with van der Waals surface area (Å²) < 4.78 is 24.0. The first-order chi connectivity index (χ1) is 11.7. The number of carbonyl (C=O) groups is 1. The summed E-state index contributed by atoms with van der Waals surface area (Å²) in [7, 11) is 0. The summed E-state index contributed by atoms with van der Waals surface area (Å²) in [5.41, 5.74) is 1.43. The first kappa shape index (κ1) is 15.1. The number of rotatable bonds is 2. The zero-order valence-electron chi connectivity index (χ0n) is 12.7. The van der Waals surface area contributed by atoms with E-state index in [1.54, 1.807) is 28.8 Å². The van der Waals surface area contributed by atoms with Crippen LogP contribution in [-0.2, 0) is 0 Å². The highest BCUT2D eigenvalue weighted by Gasteiger charge is 2.31. The highest BCUT2D eigenvalue weighted by atomic mass is 32.2. The van der Waals surface area contributed by atoms with Crippen molar-refractivity contribution in [3.8, 4) is 11.5 Å². The molecule has 2 amide bonds. The number of nitrogens with one attached hydrogen (secondary N) is 1. The monoisotopic (exact) mass is 346 g/mol. The van der Waals surface area contributed by atoms with E-state index in [1.165, 1.54) is 12.1 Å². The van der Waals surface area contributed by atoms with E-state index in [0.717, 1.165) is 17.1 Å². The number of ether oxygens (including phenoxy) is 2. The van der Waals surface area contributed by atoms with E-state index in [2.05, 4.69) is 5.32 Å². The fourth-order valence-corrected chi connectivity index (χ4v) is 4.03. The molecule has 0 radical (unpaired) electrons. The fourth-order valence-electron chi connectivity index (χ4n) is 2.78. The molecule has 124 valence electrons. The molecule has 1 saturated heterocycles. The minimum atomic E-state index is -0.379. The van der Waals surface area contributed by atoms with Gasteiger partial charge in [0.15, 0.2) is 11.5 Å². The van der Waals surface area contributed by atoms with Gasteiger partial charge in [0.2, 0.25) is 6.79 Å². The topological polar surface area (TPSA) is 50.8 Å². The molecular weight excluding hydrogens is 331 g/mol. The van der Waals surface area contributed by atoms with Gasteiger partial charge in [0, 0.05) is 18.0 Å². The van der Waals surface area contributed by atoms with Crippen LogP contribution in [-0.4, -0.2) is 30.0 Å². The van der Waals surface area contributed by atoms with E-state index in [9.17, 15) is 9.18 Å². The average molecular weight is 346 g/mol. The van der Waals surface area contributed by atoms with Gasteiger partial charge in [-0.25, -0.2) is 9.18 Å². The van der Waals surface area contributed by atoms with Crippen LogP contribution in [0.3, 0.4) is 0 Å². The molecule has 4 rings (SSSR count). The smallest absolute Gasteiger partial charge is 0.323 e. The molecular formula is C17H15FN2O3S. The van der Waals surface area contributed by atoms with Crippen LogP contribution in [0.1, 0.15) is 10.9 Å². The Hall–Kier alpha value is -2.41. The first-order valence-corrected chi connectivity index (χ1v) is 8.60. The lowest BCUT2D eigenvalue weighted by Crippen LogP contribution is -2.34. The molecule has 24 heavy (non-hydrogen) atoms. The van der Waals surface area contributed by atoms with Crippen molar-refractivity contribution in [2.24, 2.45) is 0 Å². The lowest BCUT2D eigenvalue weighted by atomic mass is 10.2. The summed E-state index contributed by atoms with van der Waals surface area (Å²) in [5.74, 6) is 1.88.